The van der Waals surface area contributed by atoms with Crippen LogP contribution in [0.3, 0.4) is 0 Å². The van der Waals surface area contributed by atoms with Gasteiger partial charge in [-0.25, -0.2) is 0 Å². The van der Waals surface area contributed by atoms with Gasteiger partial charge in [0.15, 0.2) is 0 Å². The van der Waals surface area contributed by atoms with Crippen LogP contribution in [0, 0.1) is 5.92 Å². The van der Waals surface area contributed by atoms with Crippen molar-refractivity contribution in [3.8, 4) is 0 Å². The maximum Gasteiger partial charge on any atom is 0.220 e. The van der Waals surface area contributed by atoms with Crippen molar-refractivity contribution in [2.45, 2.75) is 39.2 Å². The highest BCUT2D eigenvalue weighted by atomic mass is 16.5. The van der Waals surface area contributed by atoms with Gasteiger partial charge in [0.25, 0.3) is 0 Å². The first-order chi connectivity index (χ1) is 6.95. The molecule has 0 saturated heterocycles. The summed E-state index contributed by atoms with van der Waals surface area (Å²) < 4.78 is 5.21. The number of amides is 1. The van der Waals surface area contributed by atoms with Gasteiger partial charge in [0, 0.05) is 20.1 Å². The molecule has 1 amide bonds. The Bertz CT molecular complexity index is 189. The highest BCUT2D eigenvalue weighted by Crippen LogP contribution is 2.07. The maximum atomic E-state index is 11.5. The second-order valence-corrected chi connectivity index (χ2v) is 4.45. The van der Waals surface area contributed by atoms with Crippen molar-refractivity contribution in [3.05, 3.63) is 0 Å². The van der Waals surface area contributed by atoms with E-state index in [1.165, 1.54) is 0 Å². The highest BCUT2D eigenvalue weighted by Gasteiger charge is 2.18. The average molecular weight is 216 g/mol. The molecule has 0 bridgehead atoms. The van der Waals surface area contributed by atoms with E-state index in [4.69, 9.17) is 10.5 Å². The van der Waals surface area contributed by atoms with Crippen LogP contribution in [-0.4, -0.2) is 31.7 Å². The Morgan fingerprint density at radius 2 is 2.13 bits per heavy atom. The number of nitrogens with two attached hydrogens (primary N) is 1. The predicted molar refractivity (Wildman–Crippen MR) is 61.6 cm³/mol. The van der Waals surface area contributed by atoms with Crippen LogP contribution in [0.1, 0.15) is 33.6 Å². The molecule has 0 fully saturated rings. The Labute approximate surface area is 92.6 Å². The van der Waals surface area contributed by atoms with Gasteiger partial charge in [0.1, 0.15) is 0 Å². The number of hydrogen-bond acceptors (Lipinski definition) is 3. The molecule has 0 aromatic heterocycles. The van der Waals surface area contributed by atoms with E-state index < -0.39 is 0 Å². The Morgan fingerprint density at radius 3 is 2.53 bits per heavy atom. The summed E-state index contributed by atoms with van der Waals surface area (Å²) in [5.41, 5.74) is 5.23. The third-order valence-corrected chi connectivity index (χ3v) is 2.65. The van der Waals surface area contributed by atoms with Crippen molar-refractivity contribution >= 4 is 5.91 Å². The van der Waals surface area contributed by atoms with Gasteiger partial charge in [-0.15, -0.1) is 0 Å². The first kappa shape index (κ1) is 14.4. The lowest BCUT2D eigenvalue weighted by Crippen LogP contribution is -2.40. The molecule has 90 valence electrons. The molecule has 0 radical (unpaired) electrons. The fourth-order valence-electron chi connectivity index (χ4n) is 1.11. The third kappa shape index (κ3) is 6.47. The van der Waals surface area contributed by atoms with Crippen LogP contribution in [-0.2, 0) is 9.53 Å². The fraction of sp³-hybridized carbons (Fsp3) is 0.909. The molecule has 1 atom stereocenters. The van der Waals surface area contributed by atoms with Crippen LogP contribution in [0.2, 0.25) is 0 Å². The zero-order valence-corrected chi connectivity index (χ0v) is 10.3. The topological polar surface area (TPSA) is 64.4 Å². The van der Waals surface area contributed by atoms with E-state index in [0.29, 0.717) is 19.5 Å². The monoisotopic (exact) mass is 216 g/mol. The molecular weight excluding hydrogens is 192 g/mol. The predicted octanol–water partition coefficient (Wildman–Crippen LogP) is 0.903. The summed E-state index contributed by atoms with van der Waals surface area (Å²) in [7, 11) is 1.64. The number of methoxy groups -OCH3 is 1. The number of ether oxygens (including phenoxy) is 1. The van der Waals surface area contributed by atoms with Crippen molar-refractivity contribution in [1.82, 2.24) is 5.32 Å². The van der Waals surface area contributed by atoms with E-state index in [-0.39, 0.29) is 17.4 Å². The van der Waals surface area contributed by atoms with Crippen molar-refractivity contribution < 1.29 is 9.53 Å². The minimum atomic E-state index is -0.305. The summed E-state index contributed by atoms with van der Waals surface area (Å²) in [6, 6.07) is 0. The molecule has 0 heterocycles. The average Bonchev–Trinajstić information content (AvgIpc) is 2.23. The van der Waals surface area contributed by atoms with Gasteiger partial charge in [-0.05, 0) is 26.3 Å². The zero-order valence-electron chi connectivity index (χ0n) is 10.3. The van der Waals surface area contributed by atoms with Gasteiger partial charge in [-0.3, -0.25) is 4.79 Å². The number of nitrogens with one attached hydrogen (secondary N) is 1. The Balaban J connectivity index is 3.84. The van der Waals surface area contributed by atoms with Crippen molar-refractivity contribution in [2.24, 2.45) is 11.7 Å². The number of carbonyl (C=O) groups is 1. The Kier molecular flexibility index (Phi) is 6.52. The van der Waals surface area contributed by atoms with Gasteiger partial charge in [0.05, 0.1) is 5.60 Å². The Morgan fingerprint density at radius 1 is 1.53 bits per heavy atom. The van der Waals surface area contributed by atoms with Crippen LogP contribution in [0.25, 0.3) is 0 Å². The zero-order chi connectivity index (χ0) is 11.9. The quantitative estimate of drug-likeness (QED) is 0.664. The molecule has 0 aliphatic heterocycles. The van der Waals surface area contributed by atoms with Crippen molar-refractivity contribution in [3.63, 3.8) is 0 Å². The second-order valence-electron chi connectivity index (χ2n) is 4.45. The van der Waals surface area contributed by atoms with Crippen molar-refractivity contribution in [1.29, 1.82) is 0 Å². The molecule has 15 heavy (non-hydrogen) atoms. The van der Waals surface area contributed by atoms with Crippen LogP contribution >= 0.6 is 0 Å². The molecule has 3 N–H and O–H groups in total. The normalized spacial score (nSPS) is 13.7. The third-order valence-electron chi connectivity index (χ3n) is 2.65. The largest absolute Gasteiger partial charge is 0.377 e. The molecule has 1 unspecified atom stereocenters. The first-order valence-corrected chi connectivity index (χ1v) is 5.47. The van der Waals surface area contributed by atoms with Gasteiger partial charge >= 0.3 is 0 Å². The molecule has 4 heteroatoms. The molecule has 0 aromatic rings. The lowest BCUT2D eigenvalue weighted by atomic mass is 10.0. The van der Waals surface area contributed by atoms with Crippen LogP contribution in [0.15, 0.2) is 0 Å². The standard InChI is InChI=1S/C11H24N2O2/c1-5-9(7-12)6-10(14)13-8-11(2,3)15-4/h9H,5-8,12H2,1-4H3,(H,13,14). The van der Waals surface area contributed by atoms with Gasteiger partial charge in [-0.1, -0.05) is 13.3 Å². The molecule has 0 aromatic carbocycles. The lowest BCUT2D eigenvalue weighted by molar-refractivity contribution is -0.123. The first-order valence-electron chi connectivity index (χ1n) is 5.47. The number of hydrogen-bond donors (Lipinski definition) is 2. The van der Waals surface area contributed by atoms with E-state index in [1.807, 2.05) is 20.8 Å². The fourth-order valence-corrected chi connectivity index (χ4v) is 1.11. The lowest BCUT2D eigenvalue weighted by Gasteiger charge is -2.23. The van der Waals surface area contributed by atoms with E-state index in [0.717, 1.165) is 6.42 Å². The summed E-state index contributed by atoms with van der Waals surface area (Å²) in [6.07, 6.45) is 1.45. The van der Waals surface area contributed by atoms with E-state index >= 15 is 0 Å². The van der Waals surface area contributed by atoms with Crippen LogP contribution in [0.5, 0.6) is 0 Å². The molecule has 4 nitrogen and oxygen atoms in total. The summed E-state index contributed by atoms with van der Waals surface area (Å²) in [5.74, 6) is 0.341. The Hall–Kier alpha value is -0.610. The van der Waals surface area contributed by atoms with Gasteiger partial charge < -0.3 is 15.8 Å². The number of rotatable bonds is 7. The van der Waals surface area contributed by atoms with E-state index in [1.54, 1.807) is 7.11 Å². The molecule has 0 rings (SSSR count). The summed E-state index contributed by atoms with van der Waals surface area (Å²) in [4.78, 5) is 11.5. The van der Waals surface area contributed by atoms with Gasteiger partial charge in [-0.2, -0.15) is 0 Å². The minimum Gasteiger partial charge on any atom is -0.377 e. The number of carbonyl (C=O) groups excluding carboxylic acids is 1. The molecule has 0 saturated carbocycles. The van der Waals surface area contributed by atoms with Crippen LogP contribution < -0.4 is 11.1 Å². The molecular formula is C11H24N2O2. The van der Waals surface area contributed by atoms with Crippen LogP contribution in [0.4, 0.5) is 0 Å². The molecule has 0 aliphatic carbocycles. The summed E-state index contributed by atoms with van der Waals surface area (Å²) in [5, 5.41) is 2.85. The van der Waals surface area contributed by atoms with Crippen molar-refractivity contribution in [2.75, 3.05) is 20.2 Å². The molecule has 0 aliphatic rings. The van der Waals surface area contributed by atoms with Gasteiger partial charge in [0.2, 0.25) is 5.91 Å². The smallest absolute Gasteiger partial charge is 0.220 e. The molecule has 0 spiro atoms. The summed E-state index contributed by atoms with van der Waals surface area (Å²) >= 11 is 0. The van der Waals surface area contributed by atoms with E-state index in [9.17, 15) is 4.79 Å². The van der Waals surface area contributed by atoms with E-state index in [2.05, 4.69) is 5.32 Å². The second kappa shape index (κ2) is 6.80. The maximum absolute atomic E-state index is 11.5. The SMILES string of the molecule is CCC(CN)CC(=O)NCC(C)(C)OC. The minimum absolute atomic E-state index is 0.0532. The summed E-state index contributed by atoms with van der Waals surface area (Å²) in [6.45, 7) is 7.02. The highest BCUT2D eigenvalue weighted by molar-refractivity contribution is 5.76.